The molecule has 0 aliphatic rings. The fourth-order valence-corrected chi connectivity index (χ4v) is 5.11. The van der Waals surface area contributed by atoms with Gasteiger partial charge < -0.3 is 4.42 Å². The highest BCUT2D eigenvalue weighted by molar-refractivity contribution is 14.1. The first kappa shape index (κ1) is 21.3. The van der Waals surface area contributed by atoms with Crippen LogP contribution in [0.15, 0.2) is 120 Å². The normalized spacial score (nSPS) is 11.5. The van der Waals surface area contributed by atoms with Gasteiger partial charge in [-0.15, -0.1) is 0 Å². The zero-order valence-electron chi connectivity index (χ0n) is 19.2. The van der Waals surface area contributed by atoms with Gasteiger partial charge in [0.15, 0.2) is 0 Å². The molecule has 0 fully saturated rings. The number of benzene rings is 4. The molecule has 7 aromatic rings. The Kier molecular flexibility index (Phi) is 5.06. The Morgan fingerprint density at radius 1 is 0.556 bits per heavy atom. The molecule has 0 radical (unpaired) electrons. The molecular weight excluding hydrogens is 555 g/mol. The molecule has 0 aliphatic heterocycles. The van der Waals surface area contributed by atoms with E-state index < -0.39 is 0 Å². The number of hydrogen-bond acceptors (Lipinski definition) is 3. The Morgan fingerprint density at radius 2 is 1.22 bits per heavy atom. The van der Waals surface area contributed by atoms with Crippen molar-refractivity contribution < 1.29 is 4.42 Å². The van der Waals surface area contributed by atoms with Crippen LogP contribution in [-0.4, -0.2) is 9.97 Å². The summed E-state index contributed by atoms with van der Waals surface area (Å²) in [7, 11) is 0. The average Bonchev–Trinajstić information content (AvgIpc) is 3.31. The lowest BCUT2D eigenvalue weighted by atomic mass is 9.98. The number of halogens is 1. The molecule has 0 unspecified atom stereocenters. The van der Waals surface area contributed by atoms with Crippen molar-refractivity contribution in [2.45, 2.75) is 0 Å². The van der Waals surface area contributed by atoms with E-state index in [0.717, 1.165) is 49.5 Å². The van der Waals surface area contributed by atoms with E-state index in [2.05, 4.69) is 119 Å². The minimum Gasteiger partial charge on any atom is -0.438 e. The third kappa shape index (κ3) is 3.74. The minimum atomic E-state index is 0.675. The summed E-state index contributed by atoms with van der Waals surface area (Å²) in [6, 6.07) is 36.2. The first-order chi connectivity index (χ1) is 17.7. The SMILES string of the molecule is Ic1ccc(-c2ccc3cc(-c4ccc(-c5ccc6oc7ncccc7c6c5)cc4)cnc3c2)cc1. The molecule has 0 atom stereocenters. The molecule has 3 nitrogen and oxygen atoms in total. The molecule has 0 saturated heterocycles. The third-order valence-electron chi connectivity index (χ3n) is 6.66. The summed E-state index contributed by atoms with van der Waals surface area (Å²) in [5.74, 6) is 0. The van der Waals surface area contributed by atoms with Crippen molar-refractivity contribution in [3.8, 4) is 33.4 Å². The lowest BCUT2D eigenvalue weighted by Gasteiger charge is -2.08. The number of rotatable bonds is 3. The lowest BCUT2D eigenvalue weighted by Crippen LogP contribution is -1.86. The topological polar surface area (TPSA) is 38.9 Å². The van der Waals surface area contributed by atoms with Crippen molar-refractivity contribution in [2.24, 2.45) is 0 Å². The largest absolute Gasteiger partial charge is 0.438 e. The number of fused-ring (bicyclic) bond motifs is 4. The van der Waals surface area contributed by atoms with Gasteiger partial charge in [0.05, 0.1) is 5.52 Å². The van der Waals surface area contributed by atoms with Crippen LogP contribution in [0, 0.1) is 3.57 Å². The molecule has 0 N–H and O–H groups in total. The van der Waals surface area contributed by atoms with E-state index in [-0.39, 0.29) is 0 Å². The number of furan rings is 1. The van der Waals surface area contributed by atoms with Gasteiger partial charge in [-0.3, -0.25) is 4.98 Å². The van der Waals surface area contributed by atoms with Crippen LogP contribution >= 0.6 is 22.6 Å². The predicted molar refractivity (Wildman–Crippen MR) is 156 cm³/mol. The summed E-state index contributed by atoms with van der Waals surface area (Å²) in [5, 5.41) is 3.26. The monoisotopic (exact) mass is 574 g/mol. The minimum absolute atomic E-state index is 0.675. The number of pyridine rings is 2. The van der Waals surface area contributed by atoms with Crippen LogP contribution in [0.2, 0.25) is 0 Å². The summed E-state index contributed by atoms with van der Waals surface area (Å²) < 4.78 is 7.11. The molecule has 0 bridgehead atoms. The van der Waals surface area contributed by atoms with Crippen molar-refractivity contribution in [1.29, 1.82) is 0 Å². The summed E-state index contributed by atoms with van der Waals surface area (Å²) in [6.07, 6.45) is 3.72. The molecule has 3 aromatic heterocycles. The van der Waals surface area contributed by atoms with Gasteiger partial charge in [0, 0.05) is 37.7 Å². The summed E-state index contributed by atoms with van der Waals surface area (Å²) in [4.78, 5) is 9.12. The van der Waals surface area contributed by atoms with E-state index in [1.165, 1.54) is 14.7 Å². The Hall–Kier alpha value is -4.03. The fourth-order valence-electron chi connectivity index (χ4n) is 4.75. The van der Waals surface area contributed by atoms with Crippen molar-refractivity contribution >= 4 is 55.6 Å². The van der Waals surface area contributed by atoms with Gasteiger partial charge in [0.2, 0.25) is 5.71 Å². The predicted octanol–water partition coefficient (Wildman–Crippen LogP) is 9.13. The maximum absolute atomic E-state index is 5.87. The number of aromatic nitrogens is 2. The average molecular weight is 574 g/mol. The van der Waals surface area contributed by atoms with Gasteiger partial charge >= 0.3 is 0 Å². The molecular formula is C32H19IN2O. The van der Waals surface area contributed by atoms with E-state index in [4.69, 9.17) is 9.40 Å². The first-order valence-electron chi connectivity index (χ1n) is 11.8. The zero-order chi connectivity index (χ0) is 24.1. The van der Waals surface area contributed by atoms with E-state index in [1.54, 1.807) is 6.20 Å². The zero-order valence-corrected chi connectivity index (χ0v) is 21.3. The van der Waals surface area contributed by atoms with Crippen molar-refractivity contribution in [2.75, 3.05) is 0 Å². The highest BCUT2D eigenvalue weighted by Crippen LogP contribution is 2.33. The standard InChI is InChI=1S/C32H19IN2O/c33-27-12-9-21(10-13-27)24-7-8-25-16-26(19-35-30(25)18-24)22-5-3-20(4-6-22)23-11-14-31-29(17-23)28-2-1-15-34-32(28)36-31/h1-19H. The van der Waals surface area contributed by atoms with Crippen molar-refractivity contribution in [3.63, 3.8) is 0 Å². The van der Waals surface area contributed by atoms with Gasteiger partial charge in [0.25, 0.3) is 0 Å². The maximum Gasteiger partial charge on any atom is 0.227 e. The van der Waals surface area contributed by atoms with E-state index in [9.17, 15) is 0 Å². The Bertz CT molecular complexity index is 1890. The van der Waals surface area contributed by atoms with Gasteiger partial charge in [0.1, 0.15) is 5.58 Å². The lowest BCUT2D eigenvalue weighted by molar-refractivity contribution is 0.654. The Labute approximate surface area is 221 Å². The number of nitrogens with zero attached hydrogens (tertiary/aromatic N) is 2. The number of hydrogen-bond donors (Lipinski definition) is 0. The van der Waals surface area contributed by atoms with Crippen LogP contribution in [0.5, 0.6) is 0 Å². The van der Waals surface area contributed by atoms with Crippen LogP contribution in [0.3, 0.4) is 0 Å². The van der Waals surface area contributed by atoms with E-state index in [1.807, 2.05) is 18.3 Å². The third-order valence-corrected chi connectivity index (χ3v) is 7.38. The van der Waals surface area contributed by atoms with Gasteiger partial charge in [-0.1, -0.05) is 54.6 Å². The fraction of sp³-hybridized carbons (Fsp3) is 0. The molecule has 0 aliphatic carbocycles. The van der Waals surface area contributed by atoms with E-state index >= 15 is 0 Å². The van der Waals surface area contributed by atoms with Gasteiger partial charge in [-0.2, -0.15) is 0 Å². The maximum atomic E-state index is 5.87. The highest BCUT2D eigenvalue weighted by Gasteiger charge is 2.10. The summed E-state index contributed by atoms with van der Waals surface area (Å²) in [5.41, 5.74) is 9.49. The second-order valence-electron chi connectivity index (χ2n) is 8.88. The molecule has 0 amide bonds. The molecule has 0 saturated carbocycles. The molecule has 36 heavy (non-hydrogen) atoms. The van der Waals surface area contributed by atoms with Crippen LogP contribution in [0.4, 0.5) is 0 Å². The van der Waals surface area contributed by atoms with Gasteiger partial charge in [-0.25, -0.2) is 4.98 Å². The van der Waals surface area contributed by atoms with Gasteiger partial charge in [-0.05, 0) is 98.9 Å². The summed E-state index contributed by atoms with van der Waals surface area (Å²) >= 11 is 2.33. The highest BCUT2D eigenvalue weighted by atomic mass is 127. The Morgan fingerprint density at radius 3 is 2.03 bits per heavy atom. The summed E-state index contributed by atoms with van der Waals surface area (Å²) in [6.45, 7) is 0. The first-order valence-corrected chi connectivity index (χ1v) is 12.8. The molecule has 7 rings (SSSR count). The van der Waals surface area contributed by atoms with Crippen LogP contribution in [-0.2, 0) is 0 Å². The second-order valence-corrected chi connectivity index (χ2v) is 10.1. The molecule has 3 heterocycles. The second kappa shape index (κ2) is 8.57. The smallest absolute Gasteiger partial charge is 0.227 e. The van der Waals surface area contributed by atoms with Crippen LogP contribution in [0.1, 0.15) is 0 Å². The molecule has 0 spiro atoms. The molecule has 4 heteroatoms. The molecule has 4 aromatic carbocycles. The van der Waals surface area contributed by atoms with Crippen LogP contribution < -0.4 is 0 Å². The van der Waals surface area contributed by atoms with Crippen molar-refractivity contribution in [1.82, 2.24) is 9.97 Å². The van der Waals surface area contributed by atoms with Crippen molar-refractivity contribution in [3.05, 3.63) is 119 Å². The van der Waals surface area contributed by atoms with E-state index in [0.29, 0.717) is 5.71 Å². The Balaban J connectivity index is 1.20. The quantitative estimate of drug-likeness (QED) is 0.198. The van der Waals surface area contributed by atoms with Crippen LogP contribution in [0.25, 0.3) is 66.4 Å². The molecule has 170 valence electrons.